The maximum absolute atomic E-state index is 12.8. The summed E-state index contributed by atoms with van der Waals surface area (Å²) in [6.45, 7) is -2.94. The summed E-state index contributed by atoms with van der Waals surface area (Å²) in [5.41, 5.74) is -0.624. The molecule has 2 aromatic rings. The monoisotopic (exact) mass is 391 g/mol. The van der Waals surface area contributed by atoms with Crippen LogP contribution in [0.1, 0.15) is 11.1 Å². The molecule has 0 spiro atoms. The summed E-state index contributed by atoms with van der Waals surface area (Å²) >= 11 is 5.50. The van der Waals surface area contributed by atoms with Gasteiger partial charge >= 0.3 is 12.8 Å². The SMILES string of the molecule is O=C(C=Cc1ccc(OC(F)F)cc1)Nc1ccc(Cl)c(C(F)(F)F)c1. The Hall–Kier alpha value is -2.61. The molecule has 0 unspecified atom stereocenters. The van der Waals surface area contributed by atoms with Gasteiger partial charge in [0.2, 0.25) is 5.91 Å². The Morgan fingerprint density at radius 3 is 2.35 bits per heavy atom. The molecule has 1 N–H and O–H groups in total. The van der Waals surface area contributed by atoms with E-state index in [4.69, 9.17) is 11.6 Å². The largest absolute Gasteiger partial charge is 0.435 e. The smallest absolute Gasteiger partial charge is 0.417 e. The van der Waals surface area contributed by atoms with Crippen molar-refractivity contribution in [2.75, 3.05) is 5.32 Å². The first-order chi connectivity index (χ1) is 12.1. The van der Waals surface area contributed by atoms with Crippen LogP contribution in [0.2, 0.25) is 5.02 Å². The number of rotatable bonds is 5. The molecule has 0 fully saturated rings. The fourth-order valence-corrected chi connectivity index (χ4v) is 2.16. The average Bonchev–Trinajstić information content (AvgIpc) is 2.54. The Morgan fingerprint density at radius 1 is 1.12 bits per heavy atom. The fraction of sp³-hybridized carbons (Fsp3) is 0.118. The number of anilines is 1. The number of hydrogen-bond donors (Lipinski definition) is 1. The quantitative estimate of drug-likeness (QED) is 0.531. The van der Waals surface area contributed by atoms with Crippen LogP contribution in [0.25, 0.3) is 6.08 Å². The number of carbonyl (C=O) groups is 1. The number of halogens is 6. The molecule has 0 aromatic heterocycles. The predicted octanol–water partition coefficient (Wildman–Crippen LogP) is 5.61. The molecule has 26 heavy (non-hydrogen) atoms. The Labute approximate surface area is 150 Å². The second-order valence-corrected chi connectivity index (χ2v) is 5.37. The Morgan fingerprint density at radius 2 is 1.77 bits per heavy atom. The summed E-state index contributed by atoms with van der Waals surface area (Å²) in [4.78, 5) is 11.8. The van der Waals surface area contributed by atoms with Gasteiger partial charge in [-0.1, -0.05) is 23.7 Å². The van der Waals surface area contributed by atoms with Gasteiger partial charge in [0.25, 0.3) is 0 Å². The lowest BCUT2D eigenvalue weighted by Crippen LogP contribution is -2.11. The minimum atomic E-state index is -4.64. The average molecular weight is 392 g/mol. The van der Waals surface area contributed by atoms with Crippen LogP contribution < -0.4 is 10.1 Å². The maximum atomic E-state index is 12.8. The van der Waals surface area contributed by atoms with Gasteiger partial charge in [-0.15, -0.1) is 0 Å². The number of amides is 1. The Balaban J connectivity index is 2.03. The molecule has 0 heterocycles. The van der Waals surface area contributed by atoms with Crippen molar-refractivity contribution in [3.63, 3.8) is 0 Å². The molecule has 0 aliphatic carbocycles. The zero-order valence-electron chi connectivity index (χ0n) is 12.9. The van der Waals surface area contributed by atoms with E-state index in [0.717, 1.165) is 18.2 Å². The molecule has 0 saturated heterocycles. The van der Waals surface area contributed by atoms with E-state index in [1.165, 1.54) is 36.4 Å². The van der Waals surface area contributed by atoms with Crippen LogP contribution in [0.3, 0.4) is 0 Å². The number of carbonyl (C=O) groups excluding carboxylic acids is 1. The van der Waals surface area contributed by atoms with E-state index in [9.17, 15) is 26.7 Å². The standard InChI is InChI=1S/C17H11ClF5NO2/c18-14-7-4-11(9-13(14)17(21,22)23)24-15(25)8-3-10-1-5-12(6-2-10)26-16(19)20/h1-9,16H,(H,24,25). The first-order valence-electron chi connectivity index (χ1n) is 7.06. The van der Waals surface area contributed by atoms with Crippen molar-refractivity contribution in [1.29, 1.82) is 0 Å². The van der Waals surface area contributed by atoms with Crippen molar-refractivity contribution in [2.45, 2.75) is 12.8 Å². The first kappa shape index (κ1) is 19.7. The van der Waals surface area contributed by atoms with E-state index < -0.39 is 29.3 Å². The molecule has 2 aromatic carbocycles. The highest BCUT2D eigenvalue weighted by Gasteiger charge is 2.33. The molecular formula is C17H11ClF5NO2. The Bertz CT molecular complexity index is 804. The minimum Gasteiger partial charge on any atom is -0.435 e. The normalized spacial score (nSPS) is 11.8. The molecule has 0 bridgehead atoms. The van der Waals surface area contributed by atoms with Crippen LogP contribution >= 0.6 is 11.6 Å². The van der Waals surface area contributed by atoms with E-state index in [1.807, 2.05) is 0 Å². The highest BCUT2D eigenvalue weighted by molar-refractivity contribution is 6.31. The molecule has 0 aliphatic heterocycles. The van der Waals surface area contributed by atoms with Gasteiger partial charge < -0.3 is 10.1 Å². The number of alkyl halides is 5. The van der Waals surface area contributed by atoms with Crippen molar-refractivity contribution in [1.82, 2.24) is 0 Å². The third kappa shape index (κ3) is 5.73. The molecule has 2 rings (SSSR count). The molecule has 9 heteroatoms. The van der Waals surface area contributed by atoms with Gasteiger partial charge in [0, 0.05) is 11.8 Å². The van der Waals surface area contributed by atoms with E-state index in [1.54, 1.807) is 0 Å². The molecule has 0 radical (unpaired) electrons. The van der Waals surface area contributed by atoms with Gasteiger partial charge in [0.15, 0.2) is 0 Å². The van der Waals surface area contributed by atoms with Crippen molar-refractivity contribution < 1.29 is 31.5 Å². The van der Waals surface area contributed by atoms with Crippen LogP contribution in [-0.2, 0) is 11.0 Å². The van der Waals surface area contributed by atoms with Crippen molar-refractivity contribution in [3.8, 4) is 5.75 Å². The molecule has 0 saturated carbocycles. The molecule has 1 amide bonds. The van der Waals surface area contributed by atoms with Gasteiger partial charge in [-0.25, -0.2) is 0 Å². The summed E-state index contributed by atoms with van der Waals surface area (Å²) in [6.07, 6.45) is -2.19. The lowest BCUT2D eigenvalue weighted by molar-refractivity contribution is -0.137. The summed E-state index contributed by atoms with van der Waals surface area (Å²) in [5, 5.41) is 1.81. The molecule has 0 aliphatic rings. The highest BCUT2D eigenvalue weighted by atomic mass is 35.5. The zero-order valence-corrected chi connectivity index (χ0v) is 13.6. The van der Waals surface area contributed by atoms with Crippen molar-refractivity contribution in [3.05, 3.63) is 64.7 Å². The van der Waals surface area contributed by atoms with E-state index in [0.29, 0.717) is 5.56 Å². The summed E-state index contributed by atoms with van der Waals surface area (Å²) in [6, 6.07) is 8.45. The van der Waals surface area contributed by atoms with Gasteiger partial charge in [0.05, 0.1) is 10.6 Å². The fourth-order valence-electron chi connectivity index (χ4n) is 1.94. The highest BCUT2D eigenvalue weighted by Crippen LogP contribution is 2.36. The molecule has 0 atom stereocenters. The maximum Gasteiger partial charge on any atom is 0.417 e. The van der Waals surface area contributed by atoms with E-state index in [-0.39, 0.29) is 11.4 Å². The van der Waals surface area contributed by atoms with Gasteiger partial charge in [-0.3, -0.25) is 4.79 Å². The van der Waals surface area contributed by atoms with Gasteiger partial charge in [-0.05, 0) is 42.0 Å². The number of hydrogen-bond acceptors (Lipinski definition) is 2. The van der Waals surface area contributed by atoms with E-state index >= 15 is 0 Å². The number of benzene rings is 2. The first-order valence-corrected chi connectivity index (χ1v) is 7.43. The van der Waals surface area contributed by atoms with Gasteiger partial charge in [0.1, 0.15) is 5.75 Å². The predicted molar refractivity (Wildman–Crippen MR) is 87.2 cm³/mol. The second-order valence-electron chi connectivity index (χ2n) is 4.96. The summed E-state index contributed by atoms with van der Waals surface area (Å²) in [7, 11) is 0. The summed E-state index contributed by atoms with van der Waals surface area (Å²) in [5.74, 6) is -0.712. The van der Waals surface area contributed by atoms with Crippen LogP contribution in [0.15, 0.2) is 48.5 Å². The Kier molecular flexibility index (Phi) is 6.20. The lowest BCUT2D eigenvalue weighted by Gasteiger charge is -2.11. The van der Waals surface area contributed by atoms with Crippen molar-refractivity contribution in [2.24, 2.45) is 0 Å². The number of nitrogens with one attached hydrogen (secondary N) is 1. The molecular weight excluding hydrogens is 381 g/mol. The van der Waals surface area contributed by atoms with E-state index in [2.05, 4.69) is 10.1 Å². The lowest BCUT2D eigenvalue weighted by atomic mass is 10.2. The second kappa shape index (κ2) is 8.18. The van der Waals surface area contributed by atoms with Crippen LogP contribution in [0, 0.1) is 0 Å². The number of ether oxygens (including phenoxy) is 1. The molecule has 3 nitrogen and oxygen atoms in total. The van der Waals surface area contributed by atoms with Gasteiger partial charge in [-0.2, -0.15) is 22.0 Å². The van der Waals surface area contributed by atoms with Crippen LogP contribution in [0.5, 0.6) is 5.75 Å². The van der Waals surface area contributed by atoms with Crippen molar-refractivity contribution >= 4 is 29.3 Å². The third-order valence-electron chi connectivity index (χ3n) is 3.07. The molecule has 138 valence electrons. The van der Waals surface area contributed by atoms with Crippen LogP contribution in [-0.4, -0.2) is 12.5 Å². The topological polar surface area (TPSA) is 38.3 Å². The van der Waals surface area contributed by atoms with Crippen LogP contribution in [0.4, 0.5) is 27.6 Å². The summed E-state index contributed by atoms with van der Waals surface area (Å²) < 4.78 is 66.6. The minimum absolute atomic E-state index is 0.0394. The zero-order chi connectivity index (χ0) is 19.3. The third-order valence-corrected chi connectivity index (χ3v) is 3.40.